The average Bonchev–Trinajstić information content (AvgIpc) is 3.02. The largest absolute Gasteiger partial charge is 0.462 e. The van der Waals surface area contributed by atoms with E-state index in [1.165, 1.54) is 0 Å². The number of aliphatic hydroxyl groups is 3. The molecule has 0 spiro atoms. The van der Waals surface area contributed by atoms with Crippen molar-refractivity contribution in [2.24, 2.45) is 0 Å². The van der Waals surface area contributed by atoms with Gasteiger partial charge < -0.3 is 34.3 Å². The van der Waals surface area contributed by atoms with E-state index in [0.29, 0.717) is 12.8 Å². The predicted octanol–water partition coefficient (Wildman–Crippen LogP) is 4.04. The van der Waals surface area contributed by atoms with Gasteiger partial charge in [0.15, 0.2) is 12.4 Å². The number of rotatable bonds is 23. The van der Waals surface area contributed by atoms with Crippen LogP contribution in [0.4, 0.5) is 0 Å². The van der Waals surface area contributed by atoms with Gasteiger partial charge in [0.1, 0.15) is 36.8 Å². The highest BCUT2D eigenvalue weighted by Crippen LogP contribution is 2.23. The van der Waals surface area contributed by atoms with Gasteiger partial charge in [0.2, 0.25) is 0 Å². The van der Waals surface area contributed by atoms with Gasteiger partial charge in [-0.1, -0.05) is 112 Å². The minimum atomic E-state index is -4.61. The minimum Gasteiger partial charge on any atom is -0.462 e. The molecule has 12 nitrogen and oxygen atoms in total. The molecule has 1 rings (SSSR count). The zero-order valence-corrected chi connectivity index (χ0v) is 28.2. The van der Waals surface area contributed by atoms with Gasteiger partial charge in [0.05, 0.1) is 6.61 Å². The Balaban J connectivity index is 2.70. The lowest BCUT2D eigenvalue weighted by atomic mass is 10.00. The molecule has 6 atom stereocenters. The summed E-state index contributed by atoms with van der Waals surface area (Å²) in [6, 6.07) is 0. The molecule has 1 aliphatic heterocycles. The molecule has 0 aromatic carbocycles. The number of aliphatic hydroxyl groups excluding tert-OH is 3. The Kier molecular flexibility index (Phi) is 22.5. The highest BCUT2D eigenvalue weighted by molar-refractivity contribution is 7.85. The van der Waals surface area contributed by atoms with E-state index in [0.717, 1.165) is 32.1 Å². The van der Waals surface area contributed by atoms with E-state index in [2.05, 4.69) is 6.92 Å². The van der Waals surface area contributed by atoms with Crippen LogP contribution < -0.4 is 0 Å². The van der Waals surface area contributed by atoms with E-state index < -0.39 is 71.2 Å². The molecule has 13 heteroatoms. The lowest BCUT2D eigenvalue weighted by Crippen LogP contribution is -2.60. The quantitative estimate of drug-likeness (QED) is 0.0525. The Morgan fingerprint density at radius 2 is 1.36 bits per heavy atom. The summed E-state index contributed by atoms with van der Waals surface area (Å²) in [7, 11) is -4.61. The van der Waals surface area contributed by atoms with Crippen LogP contribution in [0.25, 0.3) is 0 Å². The highest BCUT2D eigenvalue weighted by atomic mass is 32.2. The zero-order valence-electron chi connectivity index (χ0n) is 27.3. The van der Waals surface area contributed by atoms with Gasteiger partial charge in [-0.25, -0.2) is 0 Å². The first-order valence-electron chi connectivity index (χ1n) is 16.0. The van der Waals surface area contributed by atoms with E-state index in [1.807, 2.05) is 61.6 Å². The van der Waals surface area contributed by atoms with Crippen LogP contribution in [0.15, 0.2) is 72.9 Å². The maximum atomic E-state index is 12.6. The summed E-state index contributed by atoms with van der Waals surface area (Å²) in [4.78, 5) is 24.9. The number of esters is 2. The molecule has 4 N–H and O–H groups in total. The highest BCUT2D eigenvalue weighted by Gasteiger charge is 2.46. The lowest BCUT2D eigenvalue weighted by molar-refractivity contribution is -0.297. The van der Waals surface area contributed by atoms with Crippen molar-refractivity contribution in [3.05, 3.63) is 72.9 Å². The normalized spacial score (nSPS) is 23.2. The van der Waals surface area contributed by atoms with Crippen molar-refractivity contribution in [1.29, 1.82) is 0 Å². The van der Waals surface area contributed by atoms with E-state index in [1.54, 1.807) is 18.2 Å². The maximum Gasteiger partial charge on any atom is 0.306 e. The summed E-state index contributed by atoms with van der Waals surface area (Å²) in [6.07, 6.45) is 19.1. The molecule has 1 heterocycles. The number of allylic oxidation sites excluding steroid dienone is 12. The second-order valence-electron chi connectivity index (χ2n) is 10.9. The SMILES string of the molecule is C/C=C/C=C/C=C/C=C/C=C/C=C/CCC(=O)O[C@H](COC(=O)CCCCCCCC)COC1O[C@H](CS(=O)(=O)O)[C@@H](O)[C@H](O)[C@H]1O. The van der Waals surface area contributed by atoms with E-state index in [-0.39, 0.29) is 19.4 Å². The van der Waals surface area contributed by atoms with Gasteiger partial charge >= 0.3 is 11.9 Å². The molecular weight excluding hydrogens is 632 g/mol. The number of carbonyl (C=O) groups is 2. The molecule has 0 aromatic rings. The first-order valence-corrected chi connectivity index (χ1v) is 17.6. The van der Waals surface area contributed by atoms with E-state index >= 15 is 0 Å². The fourth-order valence-corrected chi connectivity index (χ4v) is 4.96. The Morgan fingerprint density at radius 3 is 1.98 bits per heavy atom. The van der Waals surface area contributed by atoms with Crippen molar-refractivity contribution in [2.75, 3.05) is 19.0 Å². The topological polar surface area (TPSA) is 186 Å². The van der Waals surface area contributed by atoms with Gasteiger partial charge in [-0.2, -0.15) is 8.42 Å². The zero-order chi connectivity index (χ0) is 34.9. The van der Waals surface area contributed by atoms with E-state index in [4.69, 9.17) is 23.5 Å². The third kappa shape index (κ3) is 20.8. The van der Waals surface area contributed by atoms with Gasteiger partial charge in [0, 0.05) is 12.8 Å². The van der Waals surface area contributed by atoms with Crippen molar-refractivity contribution in [3.8, 4) is 0 Å². The second-order valence-corrected chi connectivity index (χ2v) is 12.4. The van der Waals surface area contributed by atoms with Crippen LogP contribution >= 0.6 is 0 Å². The fourth-order valence-electron chi connectivity index (χ4n) is 4.27. The summed E-state index contributed by atoms with van der Waals surface area (Å²) in [5.74, 6) is -2.15. The molecule has 0 radical (unpaired) electrons. The molecule has 47 heavy (non-hydrogen) atoms. The van der Waals surface area contributed by atoms with Crippen LogP contribution in [0.3, 0.4) is 0 Å². The number of unbranched alkanes of at least 4 members (excludes halogenated alkanes) is 5. The molecule has 0 bridgehead atoms. The first-order chi connectivity index (χ1) is 22.5. The standard InChI is InChI=1S/C34H52O12S/c1-3-5-7-9-11-12-13-14-15-16-17-19-21-23-30(36)45-27(24-43-29(35)22-20-18-10-8-6-4-2)25-44-34-33(39)32(38)31(37)28(46-34)26-47(40,41)42/h3,5,7,9,11-17,19,27-28,31-34,37-39H,4,6,8,10,18,20-26H2,1-2H3,(H,40,41,42)/b5-3+,9-7+,12-11+,14-13+,16-15+,19-17+/t27-,28-,31-,32+,33-,34?/m1/s1. The van der Waals surface area contributed by atoms with Crippen LogP contribution in [0.5, 0.6) is 0 Å². The maximum absolute atomic E-state index is 12.6. The van der Waals surface area contributed by atoms with Crippen LogP contribution in [-0.2, 0) is 38.7 Å². The summed E-state index contributed by atoms with van der Waals surface area (Å²) in [5, 5.41) is 30.5. The number of carbonyl (C=O) groups excluding carboxylic acids is 2. The van der Waals surface area contributed by atoms with Crippen LogP contribution in [0.2, 0.25) is 0 Å². The van der Waals surface area contributed by atoms with Gasteiger partial charge in [-0.05, 0) is 19.8 Å². The third-order valence-electron chi connectivity index (χ3n) is 6.80. The Bertz CT molecular complexity index is 1170. The molecule has 0 aliphatic carbocycles. The molecular formula is C34H52O12S. The monoisotopic (exact) mass is 684 g/mol. The van der Waals surface area contributed by atoms with Gasteiger partial charge in [-0.15, -0.1) is 0 Å². The Labute approximate surface area is 278 Å². The molecule has 1 saturated heterocycles. The van der Waals surface area contributed by atoms with Crippen LogP contribution in [0, 0.1) is 0 Å². The fraction of sp³-hybridized carbons (Fsp3) is 0.588. The van der Waals surface area contributed by atoms with Crippen molar-refractivity contribution in [3.63, 3.8) is 0 Å². The molecule has 0 aromatic heterocycles. The molecule has 1 unspecified atom stereocenters. The molecule has 266 valence electrons. The Morgan fingerprint density at radius 1 is 0.766 bits per heavy atom. The summed E-state index contributed by atoms with van der Waals surface area (Å²) in [5.41, 5.74) is 0. The Hall–Kier alpha value is -2.91. The third-order valence-corrected chi connectivity index (χ3v) is 7.55. The van der Waals surface area contributed by atoms with Crippen molar-refractivity contribution in [2.45, 2.75) is 108 Å². The van der Waals surface area contributed by atoms with Crippen LogP contribution in [0.1, 0.15) is 71.6 Å². The summed E-state index contributed by atoms with van der Waals surface area (Å²) in [6.45, 7) is 3.25. The molecule has 0 amide bonds. The van der Waals surface area contributed by atoms with Gasteiger partial charge in [0.25, 0.3) is 10.1 Å². The van der Waals surface area contributed by atoms with E-state index in [9.17, 15) is 33.3 Å². The second kappa shape index (κ2) is 25.2. The number of hydrogen-bond donors (Lipinski definition) is 4. The predicted molar refractivity (Wildman–Crippen MR) is 178 cm³/mol. The number of ether oxygens (including phenoxy) is 4. The molecule has 1 fully saturated rings. The summed E-state index contributed by atoms with van der Waals surface area (Å²) >= 11 is 0. The lowest BCUT2D eigenvalue weighted by Gasteiger charge is -2.40. The minimum absolute atomic E-state index is 0.00750. The molecule has 1 aliphatic rings. The van der Waals surface area contributed by atoms with Crippen molar-refractivity contribution in [1.82, 2.24) is 0 Å². The summed E-state index contributed by atoms with van der Waals surface area (Å²) < 4.78 is 53.3. The smallest absolute Gasteiger partial charge is 0.306 e. The van der Waals surface area contributed by atoms with Crippen molar-refractivity contribution < 1.29 is 56.8 Å². The van der Waals surface area contributed by atoms with Crippen molar-refractivity contribution >= 4 is 22.1 Å². The first kappa shape index (κ1) is 42.1. The average molecular weight is 685 g/mol. The molecule has 0 saturated carbocycles. The number of hydrogen-bond acceptors (Lipinski definition) is 11. The van der Waals surface area contributed by atoms with Gasteiger partial charge in [-0.3, -0.25) is 14.1 Å². The van der Waals surface area contributed by atoms with Crippen LogP contribution in [-0.4, -0.2) is 96.0 Å².